The SMILES string of the molecule is CNCC1CCN(S(=O)(=O)NCC2(C(C)C)CC2)CC1. The van der Waals surface area contributed by atoms with Gasteiger partial charge in [0.2, 0.25) is 0 Å². The molecule has 2 aliphatic rings. The number of hydrogen-bond donors (Lipinski definition) is 2. The Labute approximate surface area is 123 Å². The van der Waals surface area contributed by atoms with Crippen LogP contribution in [0.15, 0.2) is 0 Å². The van der Waals surface area contributed by atoms with Gasteiger partial charge in [-0.05, 0) is 56.5 Å². The van der Waals surface area contributed by atoms with Crippen molar-refractivity contribution in [1.29, 1.82) is 0 Å². The van der Waals surface area contributed by atoms with Crippen LogP contribution in [0.2, 0.25) is 0 Å². The van der Waals surface area contributed by atoms with Crippen molar-refractivity contribution in [2.24, 2.45) is 17.3 Å². The summed E-state index contributed by atoms with van der Waals surface area (Å²) in [7, 11) is -1.34. The molecule has 0 aromatic heterocycles. The third-order valence-electron chi connectivity index (χ3n) is 5.13. The molecule has 0 amide bonds. The summed E-state index contributed by atoms with van der Waals surface area (Å²) >= 11 is 0. The van der Waals surface area contributed by atoms with Gasteiger partial charge < -0.3 is 5.32 Å². The summed E-state index contributed by atoms with van der Waals surface area (Å²) in [5, 5.41) is 3.17. The zero-order valence-corrected chi connectivity index (χ0v) is 13.8. The van der Waals surface area contributed by atoms with Crippen LogP contribution < -0.4 is 10.0 Å². The second-order valence-electron chi connectivity index (χ2n) is 6.74. The van der Waals surface area contributed by atoms with E-state index in [1.807, 2.05) is 7.05 Å². The Hall–Kier alpha value is -0.170. The Morgan fingerprint density at radius 2 is 1.85 bits per heavy atom. The van der Waals surface area contributed by atoms with Crippen molar-refractivity contribution in [3.63, 3.8) is 0 Å². The van der Waals surface area contributed by atoms with Crippen molar-refractivity contribution in [2.75, 3.05) is 33.2 Å². The Kier molecular flexibility index (Phi) is 5.10. The van der Waals surface area contributed by atoms with Gasteiger partial charge in [-0.3, -0.25) is 0 Å². The molecule has 1 aliphatic carbocycles. The molecule has 5 nitrogen and oxygen atoms in total. The van der Waals surface area contributed by atoms with Crippen LogP contribution in [0.4, 0.5) is 0 Å². The predicted molar refractivity (Wildman–Crippen MR) is 81.7 cm³/mol. The molecule has 1 aliphatic heterocycles. The molecule has 1 saturated heterocycles. The normalized spacial score (nSPS) is 24.2. The molecule has 118 valence electrons. The van der Waals surface area contributed by atoms with Crippen LogP contribution in [0.3, 0.4) is 0 Å². The summed E-state index contributed by atoms with van der Waals surface area (Å²) in [6.45, 7) is 7.25. The smallest absolute Gasteiger partial charge is 0.279 e. The topological polar surface area (TPSA) is 61.4 Å². The van der Waals surface area contributed by atoms with E-state index in [0.29, 0.717) is 31.5 Å². The Morgan fingerprint density at radius 3 is 2.30 bits per heavy atom. The minimum atomic E-state index is -3.29. The molecule has 2 N–H and O–H groups in total. The van der Waals surface area contributed by atoms with E-state index in [9.17, 15) is 8.42 Å². The van der Waals surface area contributed by atoms with E-state index in [0.717, 1.165) is 32.2 Å². The first kappa shape index (κ1) is 16.2. The number of rotatable bonds is 7. The van der Waals surface area contributed by atoms with Gasteiger partial charge in [0.15, 0.2) is 0 Å². The van der Waals surface area contributed by atoms with E-state index < -0.39 is 10.2 Å². The molecular formula is C14H29N3O2S. The standard InChI is InChI=1S/C14H29N3O2S/c1-12(2)14(6-7-14)11-16-20(18,19)17-8-4-13(5-9-17)10-15-3/h12-13,15-16H,4-11H2,1-3H3. The van der Waals surface area contributed by atoms with Gasteiger partial charge in [-0.2, -0.15) is 12.7 Å². The van der Waals surface area contributed by atoms with Gasteiger partial charge >= 0.3 is 0 Å². The lowest BCUT2D eigenvalue weighted by Gasteiger charge is -2.32. The van der Waals surface area contributed by atoms with Crippen molar-refractivity contribution in [1.82, 2.24) is 14.3 Å². The number of nitrogens with zero attached hydrogens (tertiary/aromatic N) is 1. The summed E-state index contributed by atoms with van der Waals surface area (Å²) in [5.74, 6) is 1.16. The fraction of sp³-hybridized carbons (Fsp3) is 1.00. The predicted octanol–water partition coefficient (Wildman–Crippen LogP) is 1.19. The molecule has 0 atom stereocenters. The highest BCUT2D eigenvalue weighted by Crippen LogP contribution is 2.51. The van der Waals surface area contributed by atoms with Crippen LogP contribution >= 0.6 is 0 Å². The fourth-order valence-electron chi connectivity index (χ4n) is 3.09. The maximum Gasteiger partial charge on any atom is 0.279 e. The van der Waals surface area contributed by atoms with E-state index in [4.69, 9.17) is 0 Å². The lowest BCUT2D eigenvalue weighted by Crippen LogP contribution is -2.47. The van der Waals surface area contributed by atoms with Gasteiger partial charge in [0, 0.05) is 19.6 Å². The second kappa shape index (κ2) is 6.30. The van der Waals surface area contributed by atoms with Crippen molar-refractivity contribution in [3.8, 4) is 0 Å². The van der Waals surface area contributed by atoms with Gasteiger partial charge in [0.25, 0.3) is 10.2 Å². The molecule has 0 unspecified atom stereocenters. The second-order valence-corrected chi connectivity index (χ2v) is 8.50. The lowest BCUT2D eigenvalue weighted by atomic mass is 9.93. The molecule has 2 rings (SSSR count). The van der Waals surface area contributed by atoms with E-state index in [-0.39, 0.29) is 5.41 Å². The Morgan fingerprint density at radius 1 is 1.25 bits per heavy atom. The van der Waals surface area contributed by atoms with Crippen molar-refractivity contribution in [3.05, 3.63) is 0 Å². The average Bonchev–Trinajstić information content (AvgIpc) is 3.19. The third-order valence-corrected chi connectivity index (χ3v) is 6.68. The van der Waals surface area contributed by atoms with Crippen LogP contribution in [0.1, 0.15) is 39.5 Å². The summed E-state index contributed by atoms with van der Waals surface area (Å²) in [4.78, 5) is 0. The van der Waals surface area contributed by atoms with Gasteiger partial charge in [-0.1, -0.05) is 13.8 Å². The van der Waals surface area contributed by atoms with Crippen molar-refractivity contribution < 1.29 is 8.42 Å². The van der Waals surface area contributed by atoms with Crippen LogP contribution in [-0.4, -0.2) is 45.9 Å². The Bertz CT molecular complexity index is 410. The van der Waals surface area contributed by atoms with Crippen LogP contribution in [0.25, 0.3) is 0 Å². The van der Waals surface area contributed by atoms with E-state index in [1.54, 1.807) is 4.31 Å². The maximum atomic E-state index is 12.3. The molecule has 6 heteroatoms. The molecule has 0 aromatic carbocycles. The van der Waals surface area contributed by atoms with Gasteiger partial charge in [-0.15, -0.1) is 0 Å². The first-order valence-corrected chi connectivity index (χ1v) is 9.23. The van der Waals surface area contributed by atoms with Crippen molar-refractivity contribution >= 4 is 10.2 Å². The molecule has 0 radical (unpaired) electrons. The zero-order chi connectivity index (χ0) is 14.8. The summed E-state index contributed by atoms with van der Waals surface area (Å²) in [6, 6.07) is 0. The van der Waals surface area contributed by atoms with E-state index >= 15 is 0 Å². The number of hydrogen-bond acceptors (Lipinski definition) is 3. The van der Waals surface area contributed by atoms with Crippen LogP contribution in [-0.2, 0) is 10.2 Å². The molecule has 2 fully saturated rings. The monoisotopic (exact) mass is 303 g/mol. The molecule has 20 heavy (non-hydrogen) atoms. The maximum absolute atomic E-state index is 12.3. The van der Waals surface area contributed by atoms with Crippen molar-refractivity contribution in [2.45, 2.75) is 39.5 Å². The van der Waals surface area contributed by atoms with Crippen LogP contribution in [0, 0.1) is 17.3 Å². The molecular weight excluding hydrogens is 274 g/mol. The zero-order valence-electron chi connectivity index (χ0n) is 13.0. The molecule has 0 spiro atoms. The first-order chi connectivity index (χ1) is 9.39. The summed E-state index contributed by atoms with van der Waals surface area (Å²) in [5.41, 5.74) is 0.220. The van der Waals surface area contributed by atoms with E-state index in [2.05, 4.69) is 23.9 Å². The third kappa shape index (κ3) is 3.72. The minimum Gasteiger partial charge on any atom is -0.319 e. The van der Waals surface area contributed by atoms with Crippen LogP contribution in [0.5, 0.6) is 0 Å². The largest absolute Gasteiger partial charge is 0.319 e. The minimum absolute atomic E-state index is 0.220. The highest BCUT2D eigenvalue weighted by atomic mass is 32.2. The molecule has 1 saturated carbocycles. The molecule has 0 bridgehead atoms. The first-order valence-electron chi connectivity index (χ1n) is 7.79. The summed E-state index contributed by atoms with van der Waals surface area (Å²) in [6.07, 6.45) is 4.21. The van der Waals surface area contributed by atoms with Gasteiger partial charge in [-0.25, -0.2) is 4.72 Å². The fourth-order valence-corrected chi connectivity index (χ4v) is 4.43. The highest BCUT2D eigenvalue weighted by molar-refractivity contribution is 7.87. The van der Waals surface area contributed by atoms with Gasteiger partial charge in [0.05, 0.1) is 0 Å². The molecule has 1 heterocycles. The lowest BCUT2D eigenvalue weighted by molar-refractivity contribution is 0.265. The quantitative estimate of drug-likeness (QED) is 0.742. The highest BCUT2D eigenvalue weighted by Gasteiger charge is 2.46. The number of piperidine rings is 1. The summed E-state index contributed by atoms with van der Waals surface area (Å²) < 4.78 is 29.2. The number of nitrogens with one attached hydrogen (secondary N) is 2. The Balaban J connectivity index is 1.82. The molecule has 0 aromatic rings. The van der Waals surface area contributed by atoms with E-state index in [1.165, 1.54) is 0 Å². The average molecular weight is 303 g/mol. The van der Waals surface area contributed by atoms with Gasteiger partial charge in [0.1, 0.15) is 0 Å².